The van der Waals surface area contributed by atoms with Crippen molar-refractivity contribution in [3.8, 4) is 11.6 Å². The second kappa shape index (κ2) is 5.38. The van der Waals surface area contributed by atoms with Gasteiger partial charge in [-0.05, 0) is 12.5 Å². The third-order valence-electron chi connectivity index (χ3n) is 2.46. The lowest BCUT2D eigenvalue weighted by Gasteiger charge is -2.06. The van der Waals surface area contributed by atoms with Gasteiger partial charge in [0, 0.05) is 12.7 Å². The minimum atomic E-state index is -1.12. The monoisotopic (exact) mass is 262 g/mol. The Bertz CT molecular complexity index is 594. The molecule has 7 nitrogen and oxygen atoms in total. The van der Waals surface area contributed by atoms with E-state index in [1.165, 1.54) is 18.5 Å². The average Bonchev–Trinajstić information content (AvgIpc) is 2.79. The van der Waals surface area contributed by atoms with Crippen molar-refractivity contribution in [1.82, 2.24) is 14.8 Å². The summed E-state index contributed by atoms with van der Waals surface area (Å²) in [6.07, 6.45) is 5.53. The molecule has 0 amide bonds. The molecule has 0 aliphatic rings. The quantitative estimate of drug-likeness (QED) is 0.851. The number of anilines is 1. The van der Waals surface area contributed by atoms with Gasteiger partial charge in [0.25, 0.3) is 0 Å². The molecule has 0 aromatic carbocycles. The Morgan fingerprint density at radius 1 is 1.58 bits per heavy atom. The molecule has 0 saturated heterocycles. The number of carboxylic acids is 1. The SMILES string of the molecule is CCCn1cc(Oc2nccc(C(=O)O)c2N)cn1. The highest BCUT2D eigenvalue weighted by molar-refractivity contribution is 5.94. The number of rotatable bonds is 5. The largest absolute Gasteiger partial charge is 0.478 e. The van der Waals surface area contributed by atoms with Crippen LogP contribution in [0.25, 0.3) is 0 Å². The maximum Gasteiger partial charge on any atom is 0.338 e. The van der Waals surface area contributed by atoms with Gasteiger partial charge in [-0.15, -0.1) is 0 Å². The second-order valence-electron chi connectivity index (χ2n) is 3.92. The van der Waals surface area contributed by atoms with Crippen LogP contribution in [0.4, 0.5) is 5.69 Å². The Morgan fingerprint density at radius 3 is 3.05 bits per heavy atom. The van der Waals surface area contributed by atoms with Gasteiger partial charge in [-0.1, -0.05) is 6.92 Å². The highest BCUT2D eigenvalue weighted by Crippen LogP contribution is 2.27. The van der Waals surface area contributed by atoms with Crippen LogP contribution in [0.15, 0.2) is 24.7 Å². The number of nitrogen functional groups attached to an aromatic ring is 1. The molecule has 2 aromatic rings. The van der Waals surface area contributed by atoms with Crippen molar-refractivity contribution in [3.63, 3.8) is 0 Å². The van der Waals surface area contributed by atoms with Crippen LogP contribution in [0.5, 0.6) is 11.6 Å². The fourth-order valence-corrected chi connectivity index (χ4v) is 1.58. The summed E-state index contributed by atoms with van der Waals surface area (Å²) in [5.41, 5.74) is 5.66. The van der Waals surface area contributed by atoms with Crippen molar-refractivity contribution in [2.24, 2.45) is 0 Å². The van der Waals surface area contributed by atoms with Gasteiger partial charge < -0.3 is 15.6 Å². The van der Waals surface area contributed by atoms with E-state index in [1.54, 1.807) is 10.9 Å². The van der Waals surface area contributed by atoms with Gasteiger partial charge in [0.15, 0.2) is 5.75 Å². The topological polar surface area (TPSA) is 103 Å². The second-order valence-corrected chi connectivity index (χ2v) is 3.92. The molecule has 2 rings (SSSR count). The van der Waals surface area contributed by atoms with Gasteiger partial charge in [0.1, 0.15) is 5.69 Å². The highest BCUT2D eigenvalue weighted by atomic mass is 16.5. The van der Waals surface area contributed by atoms with Crippen molar-refractivity contribution in [2.45, 2.75) is 19.9 Å². The van der Waals surface area contributed by atoms with E-state index in [0.717, 1.165) is 13.0 Å². The van der Waals surface area contributed by atoms with Crippen molar-refractivity contribution in [2.75, 3.05) is 5.73 Å². The van der Waals surface area contributed by atoms with E-state index in [1.807, 2.05) is 6.92 Å². The minimum Gasteiger partial charge on any atom is -0.478 e. The van der Waals surface area contributed by atoms with Gasteiger partial charge in [0.05, 0.1) is 18.0 Å². The average molecular weight is 262 g/mol. The third-order valence-corrected chi connectivity index (χ3v) is 2.46. The molecule has 0 aliphatic heterocycles. The molecule has 0 saturated carbocycles. The van der Waals surface area contributed by atoms with Crippen molar-refractivity contribution in [1.29, 1.82) is 0 Å². The number of ether oxygens (including phenoxy) is 1. The predicted molar refractivity (Wildman–Crippen MR) is 68.2 cm³/mol. The first kappa shape index (κ1) is 12.9. The molecule has 0 atom stereocenters. The molecule has 100 valence electrons. The van der Waals surface area contributed by atoms with Crippen LogP contribution in [-0.2, 0) is 6.54 Å². The summed E-state index contributed by atoms with van der Waals surface area (Å²) < 4.78 is 7.17. The summed E-state index contributed by atoms with van der Waals surface area (Å²) in [5, 5.41) is 13.0. The van der Waals surface area contributed by atoms with Crippen molar-refractivity contribution in [3.05, 3.63) is 30.2 Å². The van der Waals surface area contributed by atoms with E-state index in [0.29, 0.717) is 5.75 Å². The third kappa shape index (κ3) is 2.82. The summed E-state index contributed by atoms with van der Waals surface area (Å²) in [4.78, 5) is 14.9. The van der Waals surface area contributed by atoms with Crippen molar-refractivity contribution >= 4 is 11.7 Å². The fourth-order valence-electron chi connectivity index (χ4n) is 1.58. The number of hydrogen-bond donors (Lipinski definition) is 2. The Labute approximate surface area is 109 Å². The molecule has 0 aliphatic carbocycles. The lowest BCUT2D eigenvalue weighted by atomic mass is 10.2. The summed E-state index contributed by atoms with van der Waals surface area (Å²) >= 11 is 0. The number of aromatic nitrogens is 3. The number of aromatic carboxylic acids is 1. The number of carbonyl (C=O) groups is 1. The normalized spacial score (nSPS) is 10.4. The van der Waals surface area contributed by atoms with E-state index < -0.39 is 5.97 Å². The molecular weight excluding hydrogens is 248 g/mol. The standard InChI is InChI=1S/C12H14N4O3/c1-2-5-16-7-8(6-15-16)19-11-10(13)9(12(17)18)3-4-14-11/h3-4,6-7H,2,5,13H2,1H3,(H,17,18). The summed E-state index contributed by atoms with van der Waals surface area (Å²) in [7, 11) is 0. The van der Waals surface area contributed by atoms with E-state index in [2.05, 4.69) is 10.1 Å². The smallest absolute Gasteiger partial charge is 0.338 e. The number of nitrogens with two attached hydrogens (primary N) is 1. The molecule has 0 spiro atoms. The van der Waals surface area contributed by atoms with Gasteiger partial charge in [-0.25, -0.2) is 9.78 Å². The van der Waals surface area contributed by atoms with E-state index in [4.69, 9.17) is 15.6 Å². The molecule has 7 heteroatoms. The Balaban J connectivity index is 2.23. The molecule has 3 N–H and O–H groups in total. The molecule has 19 heavy (non-hydrogen) atoms. The van der Waals surface area contributed by atoms with Crippen molar-refractivity contribution < 1.29 is 14.6 Å². The molecule has 2 aromatic heterocycles. The van der Waals surface area contributed by atoms with Crippen LogP contribution < -0.4 is 10.5 Å². The highest BCUT2D eigenvalue weighted by Gasteiger charge is 2.14. The molecule has 2 heterocycles. The first-order valence-electron chi connectivity index (χ1n) is 5.80. The Kier molecular flexibility index (Phi) is 3.65. The Hall–Kier alpha value is -2.57. The molecule has 0 radical (unpaired) electrons. The number of nitrogens with zero attached hydrogens (tertiary/aromatic N) is 3. The number of hydrogen-bond acceptors (Lipinski definition) is 5. The lowest BCUT2D eigenvalue weighted by molar-refractivity contribution is 0.0697. The summed E-state index contributed by atoms with van der Waals surface area (Å²) in [6.45, 7) is 2.82. The maximum absolute atomic E-state index is 10.9. The van der Waals surface area contributed by atoms with Crippen LogP contribution >= 0.6 is 0 Å². The number of carboxylic acid groups (broad SMARTS) is 1. The van der Waals surface area contributed by atoms with Crippen LogP contribution in [0, 0.1) is 0 Å². The van der Waals surface area contributed by atoms with Crippen LogP contribution in [0.1, 0.15) is 23.7 Å². The van der Waals surface area contributed by atoms with Crippen LogP contribution in [-0.4, -0.2) is 25.8 Å². The molecule has 0 unspecified atom stereocenters. The predicted octanol–water partition coefficient (Wildman–Crippen LogP) is 1.76. The maximum atomic E-state index is 10.9. The van der Waals surface area contributed by atoms with Gasteiger partial charge in [0.2, 0.25) is 5.88 Å². The molecular formula is C12H14N4O3. The molecule has 0 bridgehead atoms. The minimum absolute atomic E-state index is 0.00163. The summed E-state index contributed by atoms with van der Waals surface area (Å²) in [5.74, 6) is -0.586. The first-order valence-corrected chi connectivity index (χ1v) is 5.80. The van der Waals surface area contributed by atoms with Crippen LogP contribution in [0.2, 0.25) is 0 Å². The fraction of sp³-hybridized carbons (Fsp3) is 0.250. The zero-order valence-corrected chi connectivity index (χ0v) is 10.4. The van der Waals surface area contributed by atoms with Gasteiger partial charge >= 0.3 is 5.97 Å². The zero-order chi connectivity index (χ0) is 13.8. The van der Waals surface area contributed by atoms with E-state index >= 15 is 0 Å². The van der Waals surface area contributed by atoms with E-state index in [9.17, 15) is 4.79 Å². The zero-order valence-electron chi connectivity index (χ0n) is 10.4. The van der Waals surface area contributed by atoms with E-state index in [-0.39, 0.29) is 17.1 Å². The Morgan fingerprint density at radius 2 is 2.37 bits per heavy atom. The lowest BCUT2D eigenvalue weighted by Crippen LogP contribution is -2.05. The van der Waals surface area contributed by atoms with Crippen LogP contribution in [0.3, 0.4) is 0 Å². The molecule has 0 fully saturated rings. The number of aryl methyl sites for hydroxylation is 1. The first-order chi connectivity index (χ1) is 9.11. The number of pyridine rings is 1. The summed E-state index contributed by atoms with van der Waals surface area (Å²) in [6, 6.07) is 1.32. The van der Waals surface area contributed by atoms with Gasteiger partial charge in [-0.2, -0.15) is 5.10 Å². The van der Waals surface area contributed by atoms with Gasteiger partial charge in [-0.3, -0.25) is 4.68 Å².